The minimum Gasteiger partial charge on any atom is -0.481 e. The first-order chi connectivity index (χ1) is 12.7. The highest BCUT2D eigenvalue weighted by atomic mass is 32.2. The molecule has 27 heavy (non-hydrogen) atoms. The van der Waals surface area contributed by atoms with E-state index in [2.05, 4.69) is 10.0 Å². The number of carbonyl (C=O) groups excluding carboxylic acids is 1. The van der Waals surface area contributed by atoms with Crippen LogP contribution in [0.5, 0.6) is 5.75 Å². The topological polar surface area (TPSA) is 122 Å². The van der Waals surface area contributed by atoms with Gasteiger partial charge in [-0.3, -0.25) is 14.3 Å². The van der Waals surface area contributed by atoms with Gasteiger partial charge in [0, 0.05) is 12.1 Å². The van der Waals surface area contributed by atoms with Crippen LogP contribution in [0.1, 0.15) is 18.9 Å². The monoisotopic (exact) mass is 390 g/mol. The standard InChI is InChI=1S/C18H18N2O6S/c1-11-18(23)19-15-10-14(7-8-16(15)26-11)27(24,25)20-13-5-2-12(3-6-13)4-9-17(21)22/h2-3,5-8,10-11,20H,4,9H2,1H3,(H,19,23)(H,21,22). The number of ether oxygens (including phenoxy) is 1. The molecule has 0 bridgehead atoms. The SMILES string of the molecule is CC1Oc2ccc(S(=O)(=O)Nc3ccc(CCC(=O)O)cc3)cc2NC1=O. The molecule has 1 unspecified atom stereocenters. The Hall–Kier alpha value is -3.07. The highest BCUT2D eigenvalue weighted by Crippen LogP contribution is 2.32. The van der Waals surface area contributed by atoms with Crippen molar-refractivity contribution in [2.45, 2.75) is 30.8 Å². The molecule has 9 heteroatoms. The van der Waals surface area contributed by atoms with Crippen LogP contribution in [0.4, 0.5) is 11.4 Å². The Morgan fingerprint density at radius 1 is 1.22 bits per heavy atom. The molecule has 0 saturated carbocycles. The summed E-state index contributed by atoms with van der Waals surface area (Å²) in [6, 6.07) is 10.7. The number of amides is 1. The van der Waals surface area contributed by atoms with Gasteiger partial charge in [0.05, 0.1) is 10.6 Å². The van der Waals surface area contributed by atoms with Crippen LogP contribution in [0.3, 0.4) is 0 Å². The van der Waals surface area contributed by atoms with Gasteiger partial charge in [0.2, 0.25) is 0 Å². The third-order valence-corrected chi connectivity index (χ3v) is 5.40. The summed E-state index contributed by atoms with van der Waals surface area (Å²) in [4.78, 5) is 22.3. The van der Waals surface area contributed by atoms with Crippen molar-refractivity contribution in [1.29, 1.82) is 0 Å². The van der Waals surface area contributed by atoms with E-state index in [4.69, 9.17) is 9.84 Å². The Morgan fingerprint density at radius 3 is 2.59 bits per heavy atom. The lowest BCUT2D eigenvalue weighted by atomic mass is 10.1. The third kappa shape index (κ3) is 4.37. The molecule has 0 radical (unpaired) electrons. The van der Waals surface area contributed by atoms with Gasteiger partial charge < -0.3 is 15.2 Å². The summed E-state index contributed by atoms with van der Waals surface area (Å²) in [6.45, 7) is 1.60. The number of aliphatic carboxylic acids is 1. The Kier molecular flexibility index (Phi) is 5.04. The Labute approximate surface area is 156 Å². The highest BCUT2D eigenvalue weighted by Gasteiger charge is 2.25. The van der Waals surface area contributed by atoms with Gasteiger partial charge >= 0.3 is 5.97 Å². The zero-order chi connectivity index (χ0) is 19.6. The van der Waals surface area contributed by atoms with Crippen LogP contribution in [-0.4, -0.2) is 31.5 Å². The van der Waals surface area contributed by atoms with E-state index in [1.165, 1.54) is 18.2 Å². The number of sulfonamides is 1. The molecule has 1 atom stereocenters. The molecule has 3 N–H and O–H groups in total. The van der Waals surface area contributed by atoms with Crippen LogP contribution >= 0.6 is 0 Å². The first-order valence-electron chi connectivity index (χ1n) is 8.20. The number of carbonyl (C=O) groups is 2. The molecule has 142 valence electrons. The molecule has 1 heterocycles. The van der Waals surface area contributed by atoms with Crippen molar-refractivity contribution in [3.05, 3.63) is 48.0 Å². The molecule has 0 fully saturated rings. The van der Waals surface area contributed by atoms with Crippen molar-refractivity contribution in [3.8, 4) is 5.75 Å². The summed E-state index contributed by atoms with van der Waals surface area (Å²) >= 11 is 0. The first kappa shape index (κ1) is 18.7. The minimum atomic E-state index is -3.87. The maximum atomic E-state index is 12.6. The lowest BCUT2D eigenvalue weighted by Crippen LogP contribution is -2.34. The lowest BCUT2D eigenvalue weighted by molar-refractivity contribution is -0.137. The number of aryl methyl sites for hydroxylation is 1. The van der Waals surface area contributed by atoms with Crippen molar-refractivity contribution in [2.24, 2.45) is 0 Å². The zero-order valence-electron chi connectivity index (χ0n) is 14.4. The van der Waals surface area contributed by atoms with Crippen molar-refractivity contribution >= 4 is 33.3 Å². The molecular weight excluding hydrogens is 372 g/mol. The van der Waals surface area contributed by atoms with Gasteiger partial charge in [-0.25, -0.2) is 8.42 Å². The molecule has 1 aliphatic rings. The molecule has 2 aromatic rings. The molecule has 0 spiro atoms. The fraction of sp³-hybridized carbons (Fsp3) is 0.222. The number of anilines is 2. The number of hydrogen-bond acceptors (Lipinski definition) is 5. The van der Waals surface area contributed by atoms with Gasteiger partial charge in [-0.15, -0.1) is 0 Å². The second-order valence-corrected chi connectivity index (χ2v) is 7.79. The van der Waals surface area contributed by atoms with Gasteiger partial charge in [-0.05, 0) is 49.2 Å². The molecule has 0 aliphatic carbocycles. The number of benzene rings is 2. The van der Waals surface area contributed by atoms with Crippen LogP contribution in [0.15, 0.2) is 47.4 Å². The number of carboxylic acids is 1. The third-order valence-electron chi connectivity index (χ3n) is 4.03. The van der Waals surface area contributed by atoms with E-state index in [1.807, 2.05) is 0 Å². The molecule has 0 saturated heterocycles. The Bertz CT molecular complexity index is 985. The van der Waals surface area contributed by atoms with Crippen molar-refractivity contribution in [2.75, 3.05) is 10.0 Å². The number of fused-ring (bicyclic) bond motifs is 1. The summed E-state index contributed by atoms with van der Waals surface area (Å²) in [5, 5.41) is 11.3. The minimum absolute atomic E-state index is 0.00656. The maximum absolute atomic E-state index is 12.6. The van der Waals surface area contributed by atoms with Crippen LogP contribution in [0.2, 0.25) is 0 Å². The average Bonchev–Trinajstić information content (AvgIpc) is 2.61. The lowest BCUT2D eigenvalue weighted by Gasteiger charge is -2.23. The van der Waals surface area contributed by atoms with Crippen molar-refractivity contribution in [3.63, 3.8) is 0 Å². The predicted molar refractivity (Wildman–Crippen MR) is 98.4 cm³/mol. The Balaban J connectivity index is 1.76. The van der Waals surface area contributed by atoms with Crippen LogP contribution < -0.4 is 14.8 Å². The van der Waals surface area contributed by atoms with E-state index in [-0.39, 0.29) is 17.2 Å². The smallest absolute Gasteiger partial charge is 0.303 e. The molecular formula is C18H18N2O6S. The van der Waals surface area contributed by atoms with E-state index in [1.54, 1.807) is 31.2 Å². The van der Waals surface area contributed by atoms with Crippen LogP contribution in [0.25, 0.3) is 0 Å². The van der Waals surface area contributed by atoms with Gasteiger partial charge in [0.15, 0.2) is 6.10 Å². The summed E-state index contributed by atoms with van der Waals surface area (Å²) in [5.74, 6) is -0.830. The average molecular weight is 390 g/mol. The van der Waals surface area contributed by atoms with Gasteiger partial charge in [-0.1, -0.05) is 12.1 Å². The summed E-state index contributed by atoms with van der Waals surface area (Å²) in [7, 11) is -3.87. The van der Waals surface area contributed by atoms with Crippen molar-refractivity contribution in [1.82, 2.24) is 0 Å². The number of carboxylic acid groups (broad SMARTS) is 1. The second kappa shape index (κ2) is 7.28. The quantitative estimate of drug-likeness (QED) is 0.695. The molecule has 2 aromatic carbocycles. The second-order valence-electron chi connectivity index (χ2n) is 6.10. The Morgan fingerprint density at radius 2 is 1.93 bits per heavy atom. The number of hydrogen-bond donors (Lipinski definition) is 3. The van der Waals surface area contributed by atoms with E-state index < -0.39 is 22.1 Å². The summed E-state index contributed by atoms with van der Waals surface area (Å²) < 4.78 is 33.1. The highest BCUT2D eigenvalue weighted by molar-refractivity contribution is 7.92. The number of rotatable bonds is 6. The first-order valence-corrected chi connectivity index (χ1v) is 9.68. The number of nitrogens with one attached hydrogen (secondary N) is 2. The molecule has 0 aromatic heterocycles. The molecule has 1 aliphatic heterocycles. The largest absolute Gasteiger partial charge is 0.481 e. The van der Waals surface area contributed by atoms with E-state index in [9.17, 15) is 18.0 Å². The van der Waals surface area contributed by atoms with Gasteiger partial charge in [0.1, 0.15) is 5.75 Å². The van der Waals surface area contributed by atoms with Crippen LogP contribution in [0, 0.1) is 0 Å². The van der Waals surface area contributed by atoms with Gasteiger partial charge in [-0.2, -0.15) is 0 Å². The maximum Gasteiger partial charge on any atom is 0.303 e. The zero-order valence-corrected chi connectivity index (χ0v) is 15.2. The molecule has 3 rings (SSSR count). The van der Waals surface area contributed by atoms with E-state index in [0.29, 0.717) is 23.5 Å². The fourth-order valence-corrected chi connectivity index (χ4v) is 3.64. The fourth-order valence-electron chi connectivity index (χ4n) is 2.56. The van der Waals surface area contributed by atoms with Crippen LogP contribution in [-0.2, 0) is 26.0 Å². The summed E-state index contributed by atoms with van der Waals surface area (Å²) in [5.41, 5.74) is 1.44. The molecule has 8 nitrogen and oxygen atoms in total. The van der Waals surface area contributed by atoms with E-state index >= 15 is 0 Å². The van der Waals surface area contributed by atoms with Gasteiger partial charge in [0.25, 0.3) is 15.9 Å². The van der Waals surface area contributed by atoms with Crippen molar-refractivity contribution < 1.29 is 27.9 Å². The van der Waals surface area contributed by atoms with E-state index in [0.717, 1.165) is 5.56 Å². The normalized spacial score (nSPS) is 16.0. The predicted octanol–water partition coefficient (Wildman–Crippen LogP) is 2.22. The molecule has 1 amide bonds. The summed E-state index contributed by atoms with van der Waals surface area (Å²) in [6.07, 6.45) is -0.268.